The molecule has 5 rings (SSSR count). The lowest BCUT2D eigenvalue weighted by atomic mass is 9.69. The number of fused-ring (bicyclic) bond motifs is 3. The first-order chi connectivity index (χ1) is 22.7. The van der Waals surface area contributed by atoms with Crippen molar-refractivity contribution in [2.75, 3.05) is 4.90 Å². The molecule has 1 aliphatic carbocycles. The summed E-state index contributed by atoms with van der Waals surface area (Å²) in [6.45, 7) is 14.4. The first-order valence-electron chi connectivity index (χ1n) is 18.5. The molecular formula is C45H58BrN. The standard InChI is InChI=1S/C45H58BrN/c1-33(2)15-13-17-35(5)27-29-45(30-28-36(6)18-14-16-34(3)4)43-31-37(46)23-25-41(43)42-26-24-40(32-44(42)45)47(38-19-9-7-10-20-38)39-21-11-8-12-22-39/h7-12,19-26,31-36H,13-18,27-30H2,1-6H3. The lowest BCUT2D eigenvalue weighted by molar-refractivity contribution is 0.327. The highest BCUT2D eigenvalue weighted by Gasteiger charge is 2.43. The van der Waals surface area contributed by atoms with Crippen molar-refractivity contribution < 1.29 is 0 Å². The van der Waals surface area contributed by atoms with Crippen molar-refractivity contribution in [3.05, 3.63) is 113 Å². The predicted octanol–water partition coefficient (Wildman–Crippen LogP) is 14.7. The van der Waals surface area contributed by atoms with E-state index in [0.717, 1.165) is 23.7 Å². The molecular weight excluding hydrogens is 634 g/mol. The van der Waals surface area contributed by atoms with E-state index in [-0.39, 0.29) is 5.41 Å². The van der Waals surface area contributed by atoms with Crippen LogP contribution in [0.5, 0.6) is 0 Å². The van der Waals surface area contributed by atoms with Gasteiger partial charge < -0.3 is 4.90 Å². The molecule has 0 radical (unpaired) electrons. The molecule has 4 aromatic rings. The molecule has 0 fully saturated rings. The van der Waals surface area contributed by atoms with E-state index in [2.05, 4.69) is 159 Å². The van der Waals surface area contributed by atoms with Crippen LogP contribution in [-0.4, -0.2) is 0 Å². The fraction of sp³-hybridized carbons (Fsp3) is 0.467. The fourth-order valence-electron chi connectivity index (χ4n) is 7.88. The summed E-state index contributed by atoms with van der Waals surface area (Å²) in [6.07, 6.45) is 12.9. The lowest BCUT2D eigenvalue weighted by Crippen LogP contribution is -2.27. The van der Waals surface area contributed by atoms with E-state index in [1.165, 1.54) is 108 Å². The zero-order valence-electron chi connectivity index (χ0n) is 29.9. The molecule has 4 aromatic carbocycles. The van der Waals surface area contributed by atoms with Crippen LogP contribution >= 0.6 is 15.9 Å². The average Bonchev–Trinajstić information content (AvgIpc) is 3.32. The molecule has 47 heavy (non-hydrogen) atoms. The second-order valence-electron chi connectivity index (χ2n) is 15.4. The third-order valence-corrected chi connectivity index (χ3v) is 11.2. The smallest absolute Gasteiger partial charge is 0.0465 e. The minimum absolute atomic E-state index is 0.00210. The molecule has 2 atom stereocenters. The maximum absolute atomic E-state index is 3.91. The van der Waals surface area contributed by atoms with Crippen LogP contribution in [0.15, 0.2) is 102 Å². The van der Waals surface area contributed by atoms with E-state index in [4.69, 9.17) is 0 Å². The number of nitrogens with zero attached hydrogens (tertiary/aromatic N) is 1. The zero-order valence-corrected chi connectivity index (χ0v) is 31.5. The van der Waals surface area contributed by atoms with Gasteiger partial charge in [0.2, 0.25) is 0 Å². The molecule has 2 heteroatoms. The summed E-state index contributed by atoms with van der Waals surface area (Å²) < 4.78 is 1.19. The minimum Gasteiger partial charge on any atom is -0.310 e. The fourth-order valence-corrected chi connectivity index (χ4v) is 8.24. The predicted molar refractivity (Wildman–Crippen MR) is 209 cm³/mol. The second-order valence-corrected chi connectivity index (χ2v) is 16.4. The Balaban J connectivity index is 1.58. The van der Waals surface area contributed by atoms with Crippen LogP contribution in [0.3, 0.4) is 0 Å². The van der Waals surface area contributed by atoms with Crippen molar-refractivity contribution in [2.45, 2.75) is 111 Å². The molecule has 2 unspecified atom stereocenters. The van der Waals surface area contributed by atoms with Crippen LogP contribution in [0, 0.1) is 23.7 Å². The van der Waals surface area contributed by atoms with Gasteiger partial charge in [0.1, 0.15) is 0 Å². The Labute approximate surface area is 295 Å². The quantitative estimate of drug-likeness (QED) is 0.106. The van der Waals surface area contributed by atoms with Crippen LogP contribution in [-0.2, 0) is 5.41 Å². The largest absolute Gasteiger partial charge is 0.310 e. The topological polar surface area (TPSA) is 3.24 Å². The van der Waals surface area contributed by atoms with Gasteiger partial charge in [-0.3, -0.25) is 0 Å². The van der Waals surface area contributed by atoms with Crippen LogP contribution in [0.4, 0.5) is 17.1 Å². The van der Waals surface area contributed by atoms with E-state index in [9.17, 15) is 0 Å². The molecule has 0 N–H and O–H groups in total. The summed E-state index contributed by atoms with van der Waals surface area (Å²) in [7, 11) is 0. The van der Waals surface area contributed by atoms with Crippen molar-refractivity contribution in [1.29, 1.82) is 0 Å². The lowest BCUT2D eigenvalue weighted by Gasteiger charge is -2.35. The summed E-state index contributed by atoms with van der Waals surface area (Å²) in [4.78, 5) is 2.44. The highest BCUT2D eigenvalue weighted by molar-refractivity contribution is 9.10. The molecule has 0 saturated heterocycles. The van der Waals surface area contributed by atoms with Crippen LogP contribution < -0.4 is 4.90 Å². The van der Waals surface area contributed by atoms with E-state index in [1.807, 2.05) is 0 Å². The van der Waals surface area contributed by atoms with Crippen molar-refractivity contribution >= 4 is 33.0 Å². The van der Waals surface area contributed by atoms with Crippen LogP contribution in [0.25, 0.3) is 11.1 Å². The van der Waals surface area contributed by atoms with Gasteiger partial charge in [0, 0.05) is 26.9 Å². The van der Waals surface area contributed by atoms with Gasteiger partial charge in [0.15, 0.2) is 0 Å². The van der Waals surface area contributed by atoms with E-state index >= 15 is 0 Å². The first-order valence-corrected chi connectivity index (χ1v) is 19.3. The number of halogens is 1. The maximum atomic E-state index is 3.91. The molecule has 0 heterocycles. The van der Waals surface area contributed by atoms with Gasteiger partial charge >= 0.3 is 0 Å². The van der Waals surface area contributed by atoms with Crippen molar-refractivity contribution in [3.8, 4) is 11.1 Å². The Morgan fingerprint density at radius 2 is 0.979 bits per heavy atom. The third kappa shape index (κ3) is 8.80. The van der Waals surface area contributed by atoms with Gasteiger partial charge in [0.25, 0.3) is 0 Å². The number of anilines is 3. The molecule has 1 aliphatic rings. The minimum atomic E-state index is 0.00210. The van der Waals surface area contributed by atoms with Crippen molar-refractivity contribution in [3.63, 3.8) is 0 Å². The average molecular weight is 693 g/mol. The zero-order chi connectivity index (χ0) is 33.4. The Kier molecular flexibility index (Phi) is 12.5. The molecule has 0 saturated carbocycles. The number of benzene rings is 4. The van der Waals surface area contributed by atoms with Crippen LogP contribution in [0.1, 0.15) is 117 Å². The molecule has 0 aliphatic heterocycles. The Morgan fingerprint density at radius 1 is 0.511 bits per heavy atom. The highest BCUT2D eigenvalue weighted by Crippen LogP contribution is 2.56. The summed E-state index contributed by atoms with van der Waals surface area (Å²) in [5.74, 6) is 3.02. The van der Waals surface area contributed by atoms with Gasteiger partial charge in [-0.15, -0.1) is 0 Å². The molecule has 0 amide bonds. The van der Waals surface area contributed by atoms with E-state index < -0.39 is 0 Å². The summed E-state index contributed by atoms with van der Waals surface area (Å²) in [5.41, 5.74) is 9.56. The molecule has 0 bridgehead atoms. The molecule has 1 nitrogen and oxygen atoms in total. The Hall–Kier alpha value is -2.84. The number of para-hydroxylation sites is 2. The Bertz CT molecular complexity index is 1480. The van der Waals surface area contributed by atoms with E-state index in [0.29, 0.717) is 0 Å². The summed E-state index contributed by atoms with van der Waals surface area (Å²) in [5, 5.41) is 0. The summed E-state index contributed by atoms with van der Waals surface area (Å²) in [6, 6.07) is 36.2. The first kappa shape index (κ1) is 35.5. The van der Waals surface area contributed by atoms with Crippen molar-refractivity contribution in [2.24, 2.45) is 23.7 Å². The number of rotatable bonds is 17. The van der Waals surface area contributed by atoms with Gasteiger partial charge in [0.05, 0.1) is 0 Å². The molecule has 0 aromatic heterocycles. The SMILES string of the molecule is CC(C)CCCC(C)CCC1(CCC(C)CCCC(C)C)c2cc(Br)ccc2-c2ccc(N(c3ccccc3)c3ccccc3)cc21. The van der Waals surface area contributed by atoms with Crippen LogP contribution in [0.2, 0.25) is 0 Å². The number of hydrogen-bond acceptors (Lipinski definition) is 1. The van der Waals surface area contributed by atoms with Gasteiger partial charge in [-0.25, -0.2) is 0 Å². The second kappa shape index (κ2) is 16.5. The Morgan fingerprint density at radius 3 is 1.47 bits per heavy atom. The normalized spacial score (nSPS) is 16.7. The molecule has 0 spiro atoms. The van der Waals surface area contributed by atoms with Gasteiger partial charge in [-0.05, 0) is 120 Å². The third-order valence-electron chi connectivity index (χ3n) is 10.7. The maximum Gasteiger partial charge on any atom is 0.0465 e. The van der Waals surface area contributed by atoms with Crippen molar-refractivity contribution in [1.82, 2.24) is 0 Å². The summed E-state index contributed by atoms with van der Waals surface area (Å²) >= 11 is 3.91. The number of hydrogen-bond donors (Lipinski definition) is 0. The van der Waals surface area contributed by atoms with Gasteiger partial charge in [-0.2, -0.15) is 0 Å². The molecule has 250 valence electrons. The van der Waals surface area contributed by atoms with E-state index in [1.54, 1.807) is 0 Å². The highest BCUT2D eigenvalue weighted by atomic mass is 79.9. The monoisotopic (exact) mass is 691 g/mol. The van der Waals surface area contributed by atoms with Gasteiger partial charge in [-0.1, -0.05) is 145 Å².